The van der Waals surface area contributed by atoms with Crippen molar-refractivity contribution >= 4 is 39.3 Å². The van der Waals surface area contributed by atoms with Gasteiger partial charge in [-0.1, -0.05) is 35.9 Å². The third kappa shape index (κ3) is 8.56. The molecule has 3 heterocycles. The number of nitrogens with zero attached hydrogens (tertiary/aromatic N) is 2. The first-order chi connectivity index (χ1) is 24.0. The molecule has 10 nitrogen and oxygen atoms in total. The first-order valence-electron chi connectivity index (χ1n) is 18.0. The maximum atomic E-state index is 15.9. The summed E-state index contributed by atoms with van der Waals surface area (Å²) >= 11 is 6.35. The van der Waals surface area contributed by atoms with Gasteiger partial charge in [-0.25, -0.2) is 17.6 Å². The molecular formula is C38H54ClFN4O6S. The van der Waals surface area contributed by atoms with Crippen LogP contribution in [0.3, 0.4) is 0 Å². The summed E-state index contributed by atoms with van der Waals surface area (Å²) in [5.74, 6) is -1.65. The third-order valence-corrected chi connectivity index (χ3v) is 13.8. The minimum absolute atomic E-state index is 0.0637. The minimum atomic E-state index is -3.49. The Labute approximate surface area is 307 Å². The summed E-state index contributed by atoms with van der Waals surface area (Å²) in [6.07, 6.45) is 10.4. The average Bonchev–Trinajstić information content (AvgIpc) is 3.21. The predicted molar refractivity (Wildman–Crippen MR) is 198 cm³/mol. The Morgan fingerprint density at radius 1 is 1.27 bits per heavy atom. The first-order valence-corrected chi connectivity index (χ1v) is 20.0. The number of piperazine rings is 1. The lowest BCUT2D eigenvalue weighted by Crippen LogP contribution is -2.65. The summed E-state index contributed by atoms with van der Waals surface area (Å²) in [5, 5.41) is 6.59. The van der Waals surface area contributed by atoms with Gasteiger partial charge in [0.1, 0.15) is 11.4 Å². The van der Waals surface area contributed by atoms with Crippen LogP contribution in [-0.2, 0) is 30.7 Å². The van der Waals surface area contributed by atoms with Crippen LogP contribution in [0.5, 0.6) is 0 Å². The normalized spacial score (nSPS) is 30.5. The molecule has 51 heavy (non-hydrogen) atoms. The summed E-state index contributed by atoms with van der Waals surface area (Å²) in [4.78, 5) is 30.4. The van der Waals surface area contributed by atoms with Crippen molar-refractivity contribution in [1.29, 1.82) is 0 Å². The van der Waals surface area contributed by atoms with E-state index in [0.717, 1.165) is 6.42 Å². The number of halogens is 2. The molecule has 7 unspecified atom stereocenters. The molecule has 282 valence electrons. The topological polar surface area (TPSA) is 117 Å². The fourth-order valence-corrected chi connectivity index (χ4v) is 11.2. The van der Waals surface area contributed by atoms with Crippen LogP contribution in [-0.4, -0.2) is 92.0 Å². The van der Waals surface area contributed by atoms with Gasteiger partial charge >= 0.3 is 6.09 Å². The Balaban J connectivity index is 1.52. The van der Waals surface area contributed by atoms with Crippen LogP contribution in [0.1, 0.15) is 71.3 Å². The summed E-state index contributed by atoms with van der Waals surface area (Å²) < 4.78 is 55.5. The number of hydrogen-bond acceptors (Lipinski definition) is 7. The second kappa shape index (κ2) is 15.7. The van der Waals surface area contributed by atoms with Crippen molar-refractivity contribution in [3.8, 4) is 0 Å². The standard InChI is InChI=1S/C38H54ClFN4O6S/c1-7-19-38(42-35(46)49-6,33(26-13-15-28(39)16-14-26)27-18-21-50-36(2,3)23-27)34(45)41-32-12-8-11-31(40)30(32)17-20-37(4)25-43(5)29-10-9-22-51(47,48)44(37)24-29/h7-8,11-13,15-16,26-27,29,33H,1,9-10,14,17-25H2,2-6H3,(H,41,45)(H,42,46). The number of benzene rings is 1. The molecule has 4 aliphatic rings. The summed E-state index contributed by atoms with van der Waals surface area (Å²) in [6, 6.07) is 4.67. The summed E-state index contributed by atoms with van der Waals surface area (Å²) in [5.41, 5.74) is -2.27. The zero-order chi connectivity index (χ0) is 37.2. The van der Waals surface area contributed by atoms with E-state index in [1.54, 1.807) is 16.4 Å². The van der Waals surface area contributed by atoms with Crippen molar-refractivity contribution in [2.75, 3.05) is 44.9 Å². The molecule has 3 fully saturated rings. The Bertz CT molecular complexity index is 1650. The number of carbonyl (C=O) groups is 2. The number of ether oxygens (including phenoxy) is 2. The highest BCUT2D eigenvalue weighted by Crippen LogP contribution is 2.47. The van der Waals surface area contributed by atoms with E-state index in [2.05, 4.69) is 22.1 Å². The van der Waals surface area contributed by atoms with Gasteiger partial charge in [0.2, 0.25) is 10.0 Å². The molecular weight excluding hydrogens is 695 g/mol. The fourth-order valence-electron chi connectivity index (χ4n) is 9.04. The van der Waals surface area contributed by atoms with Crippen LogP contribution in [0.25, 0.3) is 0 Å². The second-order valence-corrected chi connectivity index (χ2v) is 18.0. The highest BCUT2D eigenvalue weighted by molar-refractivity contribution is 7.89. The van der Waals surface area contributed by atoms with Crippen LogP contribution in [0.2, 0.25) is 0 Å². The molecule has 0 saturated carbocycles. The molecule has 5 rings (SSSR count). The molecule has 1 aromatic carbocycles. The SMILES string of the molecule is C=CCC(NC(=O)OC)(C(=O)Nc1cccc(F)c1CCC1(C)CN(C)C2CCCS(=O)(=O)N1C2)C(C1C=CC(Cl)=CC1)C1CCOC(C)(C)C1. The Morgan fingerprint density at radius 3 is 2.71 bits per heavy atom. The summed E-state index contributed by atoms with van der Waals surface area (Å²) in [7, 11) is -0.226. The highest BCUT2D eigenvalue weighted by Gasteiger charge is 2.54. The van der Waals surface area contributed by atoms with Crippen molar-refractivity contribution in [2.45, 2.75) is 94.9 Å². The molecule has 2 N–H and O–H groups in total. The van der Waals surface area contributed by atoms with Gasteiger partial charge in [0.05, 0.1) is 18.5 Å². The van der Waals surface area contributed by atoms with E-state index in [4.69, 9.17) is 21.1 Å². The number of sulfonamides is 1. The number of hydrogen-bond donors (Lipinski definition) is 2. The average molecular weight is 749 g/mol. The third-order valence-electron chi connectivity index (χ3n) is 11.5. The number of amides is 2. The number of allylic oxidation sites excluding steroid dienone is 4. The Hall–Kier alpha value is -2.77. The number of anilines is 1. The van der Waals surface area contributed by atoms with Gasteiger partial charge in [-0.3, -0.25) is 4.79 Å². The monoisotopic (exact) mass is 748 g/mol. The molecule has 13 heteroatoms. The van der Waals surface area contributed by atoms with E-state index in [1.165, 1.54) is 19.2 Å². The van der Waals surface area contributed by atoms with E-state index in [9.17, 15) is 13.2 Å². The fraction of sp³-hybridized carbons (Fsp3) is 0.632. The molecule has 1 aromatic rings. The number of methoxy groups -OCH3 is 1. The smallest absolute Gasteiger partial charge is 0.407 e. The Kier molecular flexibility index (Phi) is 12.1. The van der Waals surface area contributed by atoms with E-state index in [1.807, 2.05) is 46.0 Å². The largest absolute Gasteiger partial charge is 0.453 e. The van der Waals surface area contributed by atoms with Gasteiger partial charge in [-0.2, -0.15) is 4.31 Å². The zero-order valence-corrected chi connectivity index (χ0v) is 32.1. The van der Waals surface area contributed by atoms with Gasteiger partial charge in [-0.05, 0) is 109 Å². The molecule has 2 amide bonds. The first kappa shape index (κ1) is 39.4. The van der Waals surface area contributed by atoms with Crippen molar-refractivity contribution in [1.82, 2.24) is 14.5 Å². The lowest BCUT2D eigenvalue weighted by Gasteiger charge is -2.50. The van der Waals surface area contributed by atoms with Crippen molar-refractivity contribution in [3.05, 3.63) is 65.5 Å². The van der Waals surface area contributed by atoms with Crippen molar-refractivity contribution in [2.24, 2.45) is 17.8 Å². The molecule has 3 saturated heterocycles. The molecule has 0 spiro atoms. The van der Waals surface area contributed by atoms with Gasteiger partial charge in [0.15, 0.2) is 0 Å². The zero-order valence-electron chi connectivity index (χ0n) is 30.6. The lowest BCUT2D eigenvalue weighted by molar-refractivity contribution is -0.131. The van der Waals surface area contributed by atoms with Crippen LogP contribution in [0.4, 0.5) is 14.9 Å². The van der Waals surface area contributed by atoms with E-state index >= 15 is 9.18 Å². The van der Waals surface area contributed by atoms with Gasteiger partial charge in [0.25, 0.3) is 5.91 Å². The second-order valence-electron chi connectivity index (χ2n) is 15.6. The number of rotatable bonds is 11. The minimum Gasteiger partial charge on any atom is -0.453 e. The summed E-state index contributed by atoms with van der Waals surface area (Å²) in [6.45, 7) is 11.4. The van der Waals surface area contributed by atoms with Crippen molar-refractivity contribution < 1.29 is 31.9 Å². The van der Waals surface area contributed by atoms with Crippen LogP contribution < -0.4 is 10.6 Å². The predicted octanol–water partition coefficient (Wildman–Crippen LogP) is 6.39. The molecule has 0 radical (unpaired) electrons. The molecule has 2 bridgehead atoms. The number of fused-ring (bicyclic) bond motifs is 2. The van der Waals surface area contributed by atoms with Gasteiger partial charge in [-0.15, -0.1) is 6.58 Å². The highest BCUT2D eigenvalue weighted by atomic mass is 35.5. The Morgan fingerprint density at radius 2 is 2.04 bits per heavy atom. The van der Waals surface area contributed by atoms with Gasteiger partial charge < -0.3 is 25.0 Å². The van der Waals surface area contributed by atoms with E-state index < -0.39 is 50.4 Å². The van der Waals surface area contributed by atoms with Gasteiger partial charge in [0, 0.05) is 53.5 Å². The number of alkyl carbamates (subject to hydrolysis) is 1. The number of likely N-dealkylation sites (N-methyl/N-ethyl adjacent to an activating group) is 1. The molecule has 0 aromatic heterocycles. The van der Waals surface area contributed by atoms with E-state index in [0.29, 0.717) is 56.8 Å². The maximum absolute atomic E-state index is 15.9. The maximum Gasteiger partial charge on any atom is 0.407 e. The van der Waals surface area contributed by atoms with Crippen LogP contribution in [0.15, 0.2) is 54.1 Å². The van der Waals surface area contributed by atoms with Crippen LogP contribution in [0, 0.1) is 23.6 Å². The quantitative estimate of drug-likeness (QED) is 0.252. The molecule has 3 aliphatic heterocycles. The lowest BCUT2D eigenvalue weighted by atomic mass is 9.62. The molecule has 7 atom stereocenters. The van der Waals surface area contributed by atoms with Crippen LogP contribution >= 0.6 is 11.6 Å². The van der Waals surface area contributed by atoms with Crippen molar-refractivity contribution in [3.63, 3.8) is 0 Å². The van der Waals surface area contributed by atoms with E-state index in [-0.39, 0.29) is 47.7 Å². The molecule has 1 aliphatic carbocycles. The number of carbonyl (C=O) groups excluding carboxylic acids is 2. The number of nitrogens with one attached hydrogen (secondary N) is 2.